The molecule has 0 aliphatic heterocycles. The van der Waals surface area contributed by atoms with Gasteiger partial charge in [0, 0.05) is 62.3 Å². The van der Waals surface area contributed by atoms with Gasteiger partial charge in [-0.05, 0) is 44.6 Å². The van der Waals surface area contributed by atoms with E-state index in [4.69, 9.17) is 4.74 Å². The quantitative estimate of drug-likeness (QED) is 0.313. The lowest BCUT2D eigenvalue weighted by Gasteiger charge is -2.24. The number of benzene rings is 1. The number of amidine groups is 1. The fraction of sp³-hybridized carbons (Fsp3) is 0.280. The van der Waals surface area contributed by atoms with Crippen LogP contribution in [0.15, 0.2) is 58.2 Å². The van der Waals surface area contributed by atoms with Gasteiger partial charge in [0.15, 0.2) is 11.6 Å². The smallest absolute Gasteiger partial charge is 0.387 e. The fourth-order valence-corrected chi connectivity index (χ4v) is 3.56. The molecule has 0 unspecified atom stereocenters. The van der Waals surface area contributed by atoms with Crippen molar-refractivity contribution in [1.82, 2.24) is 14.5 Å². The summed E-state index contributed by atoms with van der Waals surface area (Å²) in [6.07, 6.45) is 6.44. The number of anilines is 1. The summed E-state index contributed by atoms with van der Waals surface area (Å²) in [7, 11) is 7.68. The Morgan fingerprint density at radius 3 is 2.69 bits per heavy atom. The van der Waals surface area contributed by atoms with Gasteiger partial charge in [-0.15, -0.1) is 0 Å². The second-order valence-corrected chi connectivity index (χ2v) is 8.07. The first-order chi connectivity index (χ1) is 16.7. The van der Waals surface area contributed by atoms with Crippen LogP contribution in [0.25, 0.3) is 17.1 Å². The standard InChI is InChI=1S/C25H29F2N7O/c1-7-17-13-20(22(35-25(26)27)14-21(17)33(5)12-11-32(3)4)30-16-31-23(28-2)19-15-34(6)24-18(19)9-8-10-29-24/h7-10,13-16,25H,1-2,11-12H2,3-6H3. The molecular formula is C25H29F2N7O. The molecule has 0 spiro atoms. The van der Waals surface area contributed by atoms with E-state index in [1.54, 1.807) is 18.3 Å². The Bertz CT molecular complexity index is 1260. The van der Waals surface area contributed by atoms with Crippen LogP contribution >= 0.6 is 0 Å². The highest BCUT2D eigenvalue weighted by Gasteiger charge is 2.16. The Kier molecular flexibility index (Phi) is 8.43. The molecule has 0 amide bonds. The maximum Gasteiger partial charge on any atom is 0.387 e. The molecule has 0 saturated heterocycles. The number of halogens is 2. The summed E-state index contributed by atoms with van der Waals surface area (Å²) in [5.74, 6) is 0.263. The number of aromatic nitrogens is 2. The average Bonchev–Trinajstić information content (AvgIpc) is 3.16. The molecule has 8 nitrogen and oxygen atoms in total. The molecule has 2 heterocycles. The van der Waals surface area contributed by atoms with E-state index >= 15 is 0 Å². The average molecular weight is 482 g/mol. The van der Waals surface area contributed by atoms with Gasteiger partial charge in [0.25, 0.3) is 0 Å². The highest BCUT2D eigenvalue weighted by Crippen LogP contribution is 2.36. The van der Waals surface area contributed by atoms with Gasteiger partial charge in [-0.1, -0.05) is 12.7 Å². The summed E-state index contributed by atoms with van der Waals surface area (Å²) in [5, 5.41) is 0.857. The fourth-order valence-electron chi connectivity index (χ4n) is 3.56. The van der Waals surface area contributed by atoms with E-state index in [-0.39, 0.29) is 11.4 Å². The summed E-state index contributed by atoms with van der Waals surface area (Å²) in [6.45, 7) is 5.93. The lowest BCUT2D eigenvalue weighted by Crippen LogP contribution is -2.28. The number of fused-ring (bicyclic) bond motifs is 1. The molecule has 0 N–H and O–H groups in total. The van der Waals surface area contributed by atoms with Crippen LogP contribution < -0.4 is 9.64 Å². The molecule has 0 radical (unpaired) electrons. The van der Waals surface area contributed by atoms with Crippen LogP contribution in [0.1, 0.15) is 11.1 Å². The van der Waals surface area contributed by atoms with E-state index in [9.17, 15) is 8.78 Å². The highest BCUT2D eigenvalue weighted by molar-refractivity contribution is 6.12. The van der Waals surface area contributed by atoms with Crippen LogP contribution in [0.2, 0.25) is 0 Å². The number of ether oxygens (including phenoxy) is 1. The van der Waals surface area contributed by atoms with E-state index < -0.39 is 6.61 Å². The molecule has 10 heteroatoms. The third-order valence-corrected chi connectivity index (χ3v) is 5.34. The first kappa shape index (κ1) is 25.7. The van der Waals surface area contributed by atoms with Crippen molar-refractivity contribution in [2.75, 3.05) is 39.1 Å². The Morgan fingerprint density at radius 1 is 1.26 bits per heavy atom. The second kappa shape index (κ2) is 11.5. The Morgan fingerprint density at radius 2 is 2.03 bits per heavy atom. The van der Waals surface area contributed by atoms with Crippen molar-refractivity contribution < 1.29 is 13.5 Å². The molecule has 3 aromatic rings. The van der Waals surface area contributed by atoms with E-state index in [0.717, 1.165) is 28.7 Å². The third kappa shape index (κ3) is 6.15. The second-order valence-electron chi connectivity index (χ2n) is 8.07. The Labute approximate surface area is 203 Å². The summed E-state index contributed by atoms with van der Waals surface area (Å²) in [5.41, 5.74) is 3.12. The number of nitrogens with zero attached hydrogens (tertiary/aromatic N) is 7. The molecule has 0 saturated carbocycles. The SMILES string of the molecule is C=Cc1cc(N=CN=C(N=C)c2cn(C)c3ncccc23)c(OC(F)F)cc1N(C)CCN(C)C. The van der Waals surface area contributed by atoms with Crippen molar-refractivity contribution >= 4 is 47.4 Å². The normalized spacial score (nSPS) is 12.2. The number of aryl methyl sites for hydroxylation is 1. The van der Waals surface area contributed by atoms with Gasteiger partial charge >= 0.3 is 6.61 Å². The van der Waals surface area contributed by atoms with E-state index in [2.05, 4.69) is 33.3 Å². The number of hydrogen-bond acceptors (Lipinski definition) is 5. The Hall–Kier alpha value is -3.92. The topological polar surface area (TPSA) is 70.6 Å². The molecule has 3 rings (SSSR count). The number of hydrogen-bond donors (Lipinski definition) is 0. The first-order valence-corrected chi connectivity index (χ1v) is 10.8. The van der Waals surface area contributed by atoms with Gasteiger partial charge in [0.05, 0.1) is 0 Å². The van der Waals surface area contributed by atoms with Crippen LogP contribution in [0.5, 0.6) is 5.75 Å². The zero-order valence-corrected chi connectivity index (χ0v) is 20.3. The molecule has 0 bridgehead atoms. The first-order valence-electron chi connectivity index (χ1n) is 10.8. The molecule has 0 aliphatic rings. The van der Waals surface area contributed by atoms with Crippen molar-refractivity contribution in [3.8, 4) is 5.75 Å². The van der Waals surface area contributed by atoms with E-state index in [1.807, 2.05) is 60.9 Å². The summed E-state index contributed by atoms with van der Waals surface area (Å²) in [6, 6.07) is 6.91. The maximum atomic E-state index is 13.2. The molecule has 184 valence electrons. The van der Waals surface area contributed by atoms with Gasteiger partial charge in [-0.3, -0.25) is 0 Å². The van der Waals surface area contributed by atoms with E-state index in [0.29, 0.717) is 18.1 Å². The highest BCUT2D eigenvalue weighted by atomic mass is 19.3. The minimum absolute atomic E-state index is 0.0637. The van der Waals surface area contributed by atoms with Crippen LogP contribution in [-0.4, -0.2) is 74.2 Å². The van der Waals surface area contributed by atoms with Gasteiger partial charge in [0.2, 0.25) is 0 Å². The van der Waals surface area contributed by atoms with Gasteiger partial charge in [-0.2, -0.15) is 8.78 Å². The zero-order chi connectivity index (χ0) is 25.5. The number of rotatable bonds is 10. The lowest BCUT2D eigenvalue weighted by molar-refractivity contribution is -0.0494. The Balaban J connectivity index is 1.99. The predicted octanol–water partition coefficient (Wildman–Crippen LogP) is 4.62. The van der Waals surface area contributed by atoms with Crippen LogP contribution in [0, 0.1) is 0 Å². The number of likely N-dealkylation sites (N-methyl/N-ethyl adjacent to an activating group) is 2. The summed E-state index contributed by atoms with van der Waals surface area (Å²) >= 11 is 0. The minimum Gasteiger partial charge on any atom is -0.432 e. The minimum atomic E-state index is -3.00. The zero-order valence-electron chi connectivity index (χ0n) is 20.3. The molecule has 0 atom stereocenters. The maximum absolute atomic E-state index is 13.2. The molecule has 0 aliphatic carbocycles. The number of alkyl halides is 2. The van der Waals surface area contributed by atoms with Gasteiger partial charge in [0.1, 0.15) is 17.7 Å². The van der Waals surface area contributed by atoms with Crippen molar-refractivity contribution in [1.29, 1.82) is 0 Å². The van der Waals surface area contributed by atoms with Crippen molar-refractivity contribution in [3.63, 3.8) is 0 Å². The van der Waals surface area contributed by atoms with Crippen LogP contribution in [0.3, 0.4) is 0 Å². The number of aliphatic imine (C=N–C) groups is 3. The van der Waals surface area contributed by atoms with Crippen molar-refractivity contribution in [3.05, 3.63) is 54.4 Å². The molecule has 1 aromatic carbocycles. The van der Waals surface area contributed by atoms with Gasteiger partial charge < -0.3 is 19.1 Å². The molecular weight excluding hydrogens is 452 g/mol. The lowest BCUT2D eigenvalue weighted by atomic mass is 10.1. The van der Waals surface area contributed by atoms with Gasteiger partial charge in [-0.25, -0.2) is 20.0 Å². The largest absolute Gasteiger partial charge is 0.432 e. The molecule has 2 aromatic heterocycles. The predicted molar refractivity (Wildman–Crippen MR) is 140 cm³/mol. The summed E-state index contributed by atoms with van der Waals surface area (Å²) < 4.78 is 33.0. The third-order valence-electron chi connectivity index (χ3n) is 5.34. The van der Waals surface area contributed by atoms with E-state index in [1.165, 1.54) is 12.4 Å². The van der Waals surface area contributed by atoms with Crippen molar-refractivity contribution in [2.45, 2.75) is 6.61 Å². The van der Waals surface area contributed by atoms with Crippen LogP contribution in [-0.2, 0) is 7.05 Å². The number of pyridine rings is 1. The molecule has 35 heavy (non-hydrogen) atoms. The monoisotopic (exact) mass is 481 g/mol. The van der Waals surface area contributed by atoms with Crippen molar-refractivity contribution in [2.24, 2.45) is 22.0 Å². The van der Waals surface area contributed by atoms with Crippen LogP contribution in [0.4, 0.5) is 20.2 Å². The molecule has 0 fully saturated rings. The summed E-state index contributed by atoms with van der Waals surface area (Å²) in [4.78, 5) is 21.0.